The Balaban J connectivity index is 2.70. The van der Waals surface area contributed by atoms with Gasteiger partial charge in [0, 0.05) is 9.91 Å². The van der Waals surface area contributed by atoms with Crippen molar-refractivity contribution in [3.63, 3.8) is 0 Å². The molecule has 1 heterocycles. The predicted octanol–water partition coefficient (Wildman–Crippen LogP) is 3.00. The number of benzene rings is 1. The Labute approximate surface area is 87.5 Å². The number of hydrogen-bond donors (Lipinski definition) is 1. The van der Waals surface area contributed by atoms with Gasteiger partial charge < -0.3 is 4.98 Å². The Kier molecular flexibility index (Phi) is 2.32. The number of carbonyl (C=O) groups excluding carboxylic acids is 1. The lowest BCUT2D eigenvalue weighted by Gasteiger charge is -1.93. The summed E-state index contributed by atoms with van der Waals surface area (Å²) >= 11 is 5.76. The summed E-state index contributed by atoms with van der Waals surface area (Å²) in [5, 5.41) is 0.567. The molecule has 6 heteroatoms. The van der Waals surface area contributed by atoms with E-state index >= 15 is 0 Å². The van der Waals surface area contributed by atoms with E-state index in [9.17, 15) is 13.7 Å². The van der Waals surface area contributed by atoms with E-state index in [2.05, 4.69) is 9.93 Å². The van der Waals surface area contributed by atoms with Crippen molar-refractivity contribution in [3.05, 3.63) is 34.7 Å². The molecule has 0 aliphatic heterocycles. The van der Waals surface area contributed by atoms with Gasteiger partial charge in [0.2, 0.25) is 0 Å². The van der Waals surface area contributed by atoms with Crippen LogP contribution in [0.25, 0.3) is 10.9 Å². The minimum Gasteiger partial charge on any atom is -0.347 e. The first-order valence-corrected chi connectivity index (χ1v) is 4.31. The van der Waals surface area contributed by atoms with Crippen LogP contribution in [0.3, 0.4) is 0 Å². The van der Waals surface area contributed by atoms with Crippen LogP contribution < -0.4 is 0 Å². The Morgan fingerprint density at radius 1 is 1.47 bits per heavy atom. The molecular weight excluding hydrogens is 228 g/mol. The van der Waals surface area contributed by atoms with Crippen molar-refractivity contribution in [1.29, 1.82) is 0 Å². The van der Waals surface area contributed by atoms with E-state index in [0.717, 1.165) is 6.07 Å². The number of rotatable bonds is 1. The summed E-state index contributed by atoms with van der Waals surface area (Å²) in [6.07, 6.45) is 0. The van der Waals surface area contributed by atoms with Crippen molar-refractivity contribution in [2.24, 2.45) is 0 Å². The molecule has 0 fully saturated rings. The number of halogens is 3. The molecule has 2 rings (SSSR count). The fourth-order valence-electron chi connectivity index (χ4n) is 1.30. The molecule has 0 saturated heterocycles. The maximum atomic E-state index is 13.2. The van der Waals surface area contributed by atoms with Gasteiger partial charge in [0.15, 0.2) is 0 Å². The summed E-state index contributed by atoms with van der Waals surface area (Å²) in [6, 6.07) is 3.71. The summed E-state index contributed by atoms with van der Waals surface area (Å²) in [5.41, 5.74) is -0.151. The van der Waals surface area contributed by atoms with E-state index in [1.807, 2.05) is 0 Å². The molecule has 78 valence electrons. The van der Waals surface area contributed by atoms with Crippen LogP contribution in [0.2, 0.25) is 5.02 Å². The summed E-state index contributed by atoms with van der Waals surface area (Å²) in [5.74, 6) is -1.80. The van der Waals surface area contributed by atoms with E-state index in [1.165, 1.54) is 12.1 Å². The standard InChI is InChI=1S/C9H4ClF2NO2/c10-5-1-2-6(11)8-4(5)3-7(13-8)9(14)15-12/h1-3,13H. The predicted molar refractivity (Wildman–Crippen MR) is 49.8 cm³/mol. The molecule has 0 aliphatic carbocycles. The van der Waals surface area contributed by atoms with Crippen molar-refractivity contribution in [2.45, 2.75) is 0 Å². The first-order valence-electron chi connectivity index (χ1n) is 3.93. The second kappa shape index (κ2) is 3.51. The summed E-state index contributed by atoms with van der Waals surface area (Å²) in [6.45, 7) is 0. The van der Waals surface area contributed by atoms with Crippen molar-refractivity contribution < 1.29 is 18.7 Å². The quantitative estimate of drug-likeness (QED) is 0.820. The molecule has 15 heavy (non-hydrogen) atoms. The molecule has 1 aromatic carbocycles. The zero-order valence-electron chi connectivity index (χ0n) is 7.18. The number of aromatic amines is 1. The number of hydrogen-bond acceptors (Lipinski definition) is 2. The number of fused-ring (bicyclic) bond motifs is 1. The van der Waals surface area contributed by atoms with Gasteiger partial charge in [-0.2, -0.15) is 0 Å². The molecule has 3 nitrogen and oxygen atoms in total. The summed E-state index contributed by atoms with van der Waals surface area (Å²) < 4.78 is 24.8. The molecule has 0 radical (unpaired) electrons. The van der Waals surface area contributed by atoms with Gasteiger partial charge >= 0.3 is 5.97 Å². The van der Waals surface area contributed by atoms with Gasteiger partial charge in [0.1, 0.15) is 11.5 Å². The van der Waals surface area contributed by atoms with E-state index in [-0.39, 0.29) is 16.2 Å². The average Bonchev–Trinajstić information content (AvgIpc) is 2.68. The first-order chi connectivity index (χ1) is 7.13. The highest BCUT2D eigenvalue weighted by molar-refractivity contribution is 6.35. The van der Waals surface area contributed by atoms with Crippen molar-refractivity contribution in [2.75, 3.05) is 0 Å². The maximum absolute atomic E-state index is 13.2. The van der Waals surface area contributed by atoms with Crippen molar-refractivity contribution in [1.82, 2.24) is 4.98 Å². The SMILES string of the molecule is O=C(OF)c1cc2c(Cl)ccc(F)c2[nH]1. The van der Waals surface area contributed by atoms with E-state index < -0.39 is 11.8 Å². The minimum atomic E-state index is -1.22. The van der Waals surface area contributed by atoms with Crippen LogP contribution in [0.1, 0.15) is 10.5 Å². The molecule has 0 unspecified atom stereocenters. The summed E-state index contributed by atoms with van der Waals surface area (Å²) in [4.78, 5) is 16.2. The van der Waals surface area contributed by atoms with Gasteiger partial charge in [0.05, 0.1) is 10.5 Å². The van der Waals surface area contributed by atoms with Crippen LogP contribution in [-0.4, -0.2) is 11.0 Å². The Morgan fingerprint density at radius 2 is 2.20 bits per heavy atom. The van der Waals surface area contributed by atoms with Crippen LogP contribution in [-0.2, 0) is 4.94 Å². The van der Waals surface area contributed by atoms with Gasteiger partial charge in [-0.3, -0.25) is 0 Å². The van der Waals surface area contributed by atoms with Gasteiger partial charge in [0.25, 0.3) is 0 Å². The van der Waals surface area contributed by atoms with Gasteiger partial charge in [-0.1, -0.05) is 11.6 Å². The fraction of sp³-hybridized carbons (Fsp3) is 0. The lowest BCUT2D eigenvalue weighted by Crippen LogP contribution is -1.98. The lowest BCUT2D eigenvalue weighted by molar-refractivity contribution is -0.0792. The van der Waals surface area contributed by atoms with Crippen molar-refractivity contribution >= 4 is 28.5 Å². The van der Waals surface area contributed by atoms with E-state index in [0.29, 0.717) is 5.39 Å². The Bertz CT molecular complexity index is 499. The minimum absolute atomic E-state index is 0.0444. The van der Waals surface area contributed by atoms with Crippen LogP contribution in [0, 0.1) is 5.82 Å². The molecule has 0 amide bonds. The average molecular weight is 232 g/mol. The largest absolute Gasteiger partial charge is 0.395 e. The molecule has 0 atom stereocenters. The number of H-pyrrole nitrogens is 1. The van der Waals surface area contributed by atoms with Crippen LogP contribution >= 0.6 is 11.6 Å². The second-order valence-electron chi connectivity index (χ2n) is 2.87. The lowest BCUT2D eigenvalue weighted by atomic mass is 10.2. The van der Waals surface area contributed by atoms with Gasteiger partial charge in [-0.25, -0.2) is 14.1 Å². The molecular formula is C9H4ClF2NO2. The number of carbonyl (C=O) groups is 1. The normalized spacial score (nSPS) is 10.6. The van der Waals surface area contributed by atoms with Gasteiger partial charge in [-0.15, -0.1) is 0 Å². The smallest absolute Gasteiger partial charge is 0.347 e. The Morgan fingerprint density at radius 3 is 2.80 bits per heavy atom. The third kappa shape index (κ3) is 1.55. The maximum Gasteiger partial charge on any atom is 0.395 e. The van der Waals surface area contributed by atoms with E-state index in [1.54, 1.807) is 0 Å². The van der Waals surface area contributed by atoms with Crippen molar-refractivity contribution in [3.8, 4) is 0 Å². The highest BCUT2D eigenvalue weighted by Gasteiger charge is 2.15. The zero-order chi connectivity index (χ0) is 11.0. The molecule has 0 aliphatic rings. The third-order valence-electron chi connectivity index (χ3n) is 1.98. The monoisotopic (exact) mass is 231 g/mol. The van der Waals surface area contributed by atoms with Gasteiger partial charge in [-0.05, 0) is 18.2 Å². The summed E-state index contributed by atoms with van der Waals surface area (Å²) in [7, 11) is 0. The third-order valence-corrected chi connectivity index (χ3v) is 2.31. The highest BCUT2D eigenvalue weighted by atomic mass is 35.5. The first kappa shape index (κ1) is 9.92. The van der Waals surface area contributed by atoms with Crippen LogP contribution in [0.5, 0.6) is 0 Å². The molecule has 0 bridgehead atoms. The molecule has 0 saturated carbocycles. The Hall–Kier alpha value is -1.62. The molecule has 0 spiro atoms. The van der Waals surface area contributed by atoms with Crippen LogP contribution in [0.15, 0.2) is 18.2 Å². The molecule has 1 N–H and O–H groups in total. The van der Waals surface area contributed by atoms with Crippen LogP contribution in [0.4, 0.5) is 8.92 Å². The fourth-order valence-corrected chi connectivity index (χ4v) is 1.51. The highest BCUT2D eigenvalue weighted by Crippen LogP contribution is 2.26. The van der Waals surface area contributed by atoms with E-state index in [4.69, 9.17) is 11.6 Å². The molecule has 1 aromatic heterocycles. The second-order valence-corrected chi connectivity index (χ2v) is 3.27. The molecule has 2 aromatic rings. The topological polar surface area (TPSA) is 42.1 Å². The number of aromatic nitrogens is 1. The zero-order valence-corrected chi connectivity index (χ0v) is 7.94. The number of nitrogens with one attached hydrogen (secondary N) is 1.